The molecule has 0 radical (unpaired) electrons. The van der Waals surface area contributed by atoms with E-state index in [2.05, 4.69) is 15.8 Å². The van der Waals surface area contributed by atoms with E-state index < -0.39 is 11.8 Å². The smallest absolute Gasteiger partial charge is 0.259 e. The fourth-order valence-electron chi connectivity index (χ4n) is 2.56. The molecule has 1 aliphatic rings. The summed E-state index contributed by atoms with van der Waals surface area (Å²) < 4.78 is 21.1. The lowest BCUT2D eigenvalue weighted by molar-refractivity contribution is -0.120. The maximum Gasteiger partial charge on any atom is 0.259 e. The van der Waals surface area contributed by atoms with Crippen LogP contribution in [-0.2, 0) is 4.79 Å². The number of nitrogens with zero attached hydrogens (tertiary/aromatic N) is 1. The Hall–Kier alpha value is -3.75. The fourth-order valence-corrected chi connectivity index (χ4v) is 2.56. The molecule has 9 nitrogen and oxygen atoms in total. The first kappa shape index (κ1) is 20.0. The van der Waals surface area contributed by atoms with E-state index in [0.717, 1.165) is 5.56 Å². The summed E-state index contributed by atoms with van der Waals surface area (Å²) in [5.74, 6) is 1.41. The molecule has 0 bridgehead atoms. The minimum atomic E-state index is -0.464. The number of fused-ring (bicyclic) bond motifs is 1. The maximum absolute atomic E-state index is 12.2. The van der Waals surface area contributed by atoms with Crippen LogP contribution < -0.4 is 29.7 Å². The molecular formula is C20H21N3O6. The van der Waals surface area contributed by atoms with Crippen LogP contribution in [0.15, 0.2) is 41.5 Å². The molecule has 0 atom stereocenters. The van der Waals surface area contributed by atoms with Gasteiger partial charge in [-0.15, -0.1) is 0 Å². The predicted octanol–water partition coefficient (Wildman–Crippen LogP) is 1.70. The second-order valence-corrected chi connectivity index (χ2v) is 5.89. The standard InChI is InChI=1S/C20H21N3O6/c1-3-27-17-8-13(4-6-15(17)26-2)10-22-23-19(24)11-21-20(25)14-5-7-16-18(9-14)29-12-28-16/h4-10H,3,11-12H2,1-2H3,(H,21,25)(H,23,24)/b22-10+. The zero-order valence-electron chi connectivity index (χ0n) is 16.1. The Balaban J connectivity index is 1.49. The number of hydrogen-bond donors (Lipinski definition) is 2. The Morgan fingerprint density at radius 1 is 1.14 bits per heavy atom. The van der Waals surface area contributed by atoms with E-state index in [-0.39, 0.29) is 13.3 Å². The van der Waals surface area contributed by atoms with E-state index in [4.69, 9.17) is 18.9 Å². The number of ether oxygens (including phenoxy) is 4. The van der Waals surface area contributed by atoms with Crippen LogP contribution in [0.1, 0.15) is 22.8 Å². The summed E-state index contributed by atoms with van der Waals surface area (Å²) in [6, 6.07) is 10.1. The summed E-state index contributed by atoms with van der Waals surface area (Å²) in [4.78, 5) is 24.0. The normalized spacial score (nSPS) is 11.9. The van der Waals surface area contributed by atoms with E-state index >= 15 is 0 Å². The fraction of sp³-hybridized carbons (Fsp3) is 0.250. The number of carbonyl (C=O) groups is 2. The molecule has 152 valence electrons. The molecule has 0 spiro atoms. The molecule has 0 fully saturated rings. The average molecular weight is 399 g/mol. The lowest BCUT2D eigenvalue weighted by Crippen LogP contribution is -2.34. The van der Waals surface area contributed by atoms with Crippen molar-refractivity contribution in [3.63, 3.8) is 0 Å². The van der Waals surface area contributed by atoms with Crippen LogP contribution in [0.5, 0.6) is 23.0 Å². The predicted molar refractivity (Wildman–Crippen MR) is 105 cm³/mol. The van der Waals surface area contributed by atoms with Crippen molar-refractivity contribution in [1.29, 1.82) is 0 Å². The summed E-state index contributed by atoms with van der Waals surface area (Å²) in [7, 11) is 1.56. The molecule has 0 saturated carbocycles. The highest BCUT2D eigenvalue weighted by molar-refractivity contribution is 5.97. The van der Waals surface area contributed by atoms with E-state index in [1.807, 2.05) is 6.92 Å². The molecule has 0 saturated heterocycles. The number of amides is 2. The summed E-state index contributed by atoms with van der Waals surface area (Å²) in [5.41, 5.74) is 3.45. The van der Waals surface area contributed by atoms with Gasteiger partial charge in [0, 0.05) is 5.56 Å². The molecule has 1 heterocycles. The summed E-state index contributed by atoms with van der Waals surface area (Å²) in [6.45, 7) is 2.27. The average Bonchev–Trinajstić information content (AvgIpc) is 3.20. The third-order valence-electron chi connectivity index (χ3n) is 3.93. The molecular weight excluding hydrogens is 378 g/mol. The van der Waals surface area contributed by atoms with Crippen molar-refractivity contribution in [2.75, 3.05) is 27.1 Å². The minimum Gasteiger partial charge on any atom is -0.493 e. The van der Waals surface area contributed by atoms with Crippen LogP contribution in [-0.4, -0.2) is 45.1 Å². The number of hydrazone groups is 1. The number of rotatable bonds is 8. The van der Waals surface area contributed by atoms with Gasteiger partial charge in [-0.05, 0) is 48.9 Å². The van der Waals surface area contributed by atoms with Gasteiger partial charge in [0.25, 0.3) is 11.8 Å². The number of benzene rings is 2. The molecule has 2 aromatic carbocycles. The Bertz CT molecular complexity index is 928. The molecule has 1 aliphatic heterocycles. The van der Waals surface area contributed by atoms with Gasteiger partial charge < -0.3 is 24.3 Å². The molecule has 3 rings (SSSR count). The molecule has 0 unspecified atom stereocenters. The first-order valence-electron chi connectivity index (χ1n) is 8.91. The molecule has 9 heteroatoms. The molecule has 0 aromatic heterocycles. The summed E-state index contributed by atoms with van der Waals surface area (Å²) in [5, 5.41) is 6.41. The van der Waals surface area contributed by atoms with Gasteiger partial charge in [-0.2, -0.15) is 5.10 Å². The topological polar surface area (TPSA) is 107 Å². The van der Waals surface area contributed by atoms with Crippen LogP contribution in [0.3, 0.4) is 0 Å². The Morgan fingerprint density at radius 3 is 2.76 bits per heavy atom. The number of nitrogens with one attached hydrogen (secondary N) is 2. The van der Waals surface area contributed by atoms with Gasteiger partial charge in [0.1, 0.15) is 0 Å². The van der Waals surface area contributed by atoms with Crippen molar-refractivity contribution >= 4 is 18.0 Å². The van der Waals surface area contributed by atoms with Crippen molar-refractivity contribution in [3.8, 4) is 23.0 Å². The Morgan fingerprint density at radius 2 is 1.97 bits per heavy atom. The Kier molecular flexibility index (Phi) is 6.51. The van der Waals surface area contributed by atoms with Gasteiger partial charge in [0.2, 0.25) is 6.79 Å². The zero-order valence-corrected chi connectivity index (χ0v) is 16.1. The van der Waals surface area contributed by atoms with Gasteiger partial charge >= 0.3 is 0 Å². The molecule has 2 amide bonds. The van der Waals surface area contributed by atoms with Gasteiger partial charge in [0.05, 0.1) is 26.5 Å². The van der Waals surface area contributed by atoms with Crippen molar-refractivity contribution in [2.24, 2.45) is 5.10 Å². The van der Waals surface area contributed by atoms with E-state index in [1.54, 1.807) is 43.5 Å². The number of methoxy groups -OCH3 is 1. The van der Waals surface area contributed by atoms with Crippen LogP contribution in [0.25, 0.3) is 0 Å². The second kappa shape index (κ2) is 9.45. The highest BCUT2D eigenvalue weighted by Gasteiger charge is 2.16. The molecule has 2 N–H and O–H groups in total. The SMILES string of the molecule is CCOc1cc(/C=N/NC(=O)CNC(=O)c2ccc3c(c2)OCO3)ccc1OC. The molecule has 29 heavy (non-hydrogen) atoms. The first-order chi connectivity index (χ1) is 14.1. The van der Waals surface area contributed by atoms with Gasteiger partial charge in [-0.25, -0.2) is 5.43 Å². The largest absolute Gasteiger partial charge is 0.493 e. The Labute approximate surface area is 167 Å². The highest BCUT2D eigenvalue weighted by Crippen LogP contribution is 2.32. The van der Waals surface area contributed by atoms with Crippen LogP contribution in [0, 0.1) is 0 Å². The van der Waals surface area contributed by atoms with Crippen LogP contribution >= 0.6 is 0 Å². The second-order valence-electron chi connectivity index (χ2n) is 5.89. The van der Waals surface area contributed by atoms with Gasteiger partial charge in [-0.1, -0.05) is 0 Å². The van der Waals surface area contributed by atoms with E-state index in [9.17, 15) is 9.59 Å². The molecule has 2 aromatic rings. The lowest BCUT2D eigenvalue weighted by Gasteiger charge is -2.09. The zero-order chi connectivity index (χ0) is 20.6. The monoisotopic (exact) mass is 399 g/mol. The van der Waals surface area contributed by atoms with Crippen LogP contribution in [0.2, 0.25) is 0 Å². The third kappa shape index (κ3) is 5.16. The summed E-state index contributed by atoms with van der Waals surface area (Å²) in [6.07, 6.45) is 1.47. The maximum atomic E-state index is 12.2. The van der Waals surface area contributed by atoms with E-state index in [0.29, 0.717) is 35.2 Å². The quantitative estimate of drug-likeness (QED) is 0.517. The van der Waals surface area contributed by atoms with Crippen molar-refractivity contribution in [2.45, 2.75) is 6.92 Å². The highest BCUT2D eigenvalue weighted by atomic mass is 16.7. The number of carbonyl (C=O) groups excluding carboxylic acids is 2. The van der Waals surface area contributed by atoms with Crippen molar-refractivity contribution in [3.05, 3.63) is 47.5 Å². The summed E-state index contributed by atoms with van der Waals surface area (Å²) >= 11 is 0. The minimum absolute atomic E-state index is 0.126. The van der Waals surface area contributed by atoms with Crippen molar-refractivity contribution < 1.29 is 28.5 Å². The van der Waals surface area contributed by atoms with E-state index in [1.165, 1.54) is 6.21 Å². The van der Waals surface area contributed by atoms with Gasteiger partial charge in [0.15, 0.2) is 23.0 Å². The third-order valence-corrected chi connectivity index (χ3v) is 3.93. The molecule has 0 aliphatic carbocycles. The first-order valence-corrected chi connectivity index (χ1v) is 8.91. The van der Waals surface area contributed by atoms with Gasteiger partial charge in [-0.3, -0.25) is 9.59 Å². The van der Waals surface area contributed by atoms with Crippen molar-refractivity contribution in [1.82, 2.24) is 10.7 Å². The lowest BCUT2D eigenvalue weighted by atomic mass is 10.2. The van der Waals surface area contributed by atoms with Crippen LogP contribution in [0.4, 0.5) is 0 Å². The number of hydrogen-bond acceptors (Lipinski definition) is 7.